The van der Waals surface area contributed by atoms with Gasteiger partial charge in [0.25, 0.3) is 11.8 Å². The average molecular weight is 313 g/mol. The van der Waals surface area contributed by atoms with Gasteiger partial charge in [0.1, 0.15) is 12.4 Å². The fraction of sp³-hybridized carbons (Fsp3) is 0.118. The number of fused-ring (bicyclic) bond motifs is 1. The van der Waals surface area contributed by atoms with Crippen molar-refractivity contribution in [1.29, 1.82) is 0 Å². The molecular weight excluding hydrogens is 301 g/mol. The Kier molecular flexibility index (Phi) is 3.89. The van der Waals surface area contributed by atoms with Crippen LogP contribution in [-0.2, 0) is 4.74 Å². The highest BCUT2D eigenvalue weighted by molar-refractivity contribution is 6.21. The summed E-state index contributed by atoms with van der Waals surface area (Å²) in [5.74, 6) is -2.36. The van der Waals surface area contributed by atoms with E-state index < -0.39 is 23.6 Å². The number of rotatable bonds is 4. The Morgan fingerprint density at radius 2 is 1.52 bits per heavy atom. The van der Waals surface area contributed by atoms with Crippen LogP contribution in [0.15, 0.2) is 48.5 Å². The lowest BCUT2D eigenvalue weighted by Gasteiger charge is -2.13. The highest BCUT2D eigenvalue weighted by Gasteiger charge is 2.34. The molecule has 2 aromatic rings. The number of halogens is 1. The molecule has 0 N–H and O–H groups in total. The maximum absolute atomic E-state index is 13.5. The Morgan fingerprint density at radius 1 is 0.957 bits per heavy atom. The Labute approximate surface area is 131 Å². The molecule has 0 atom stereocenters. The molecule has 0 radical (unpaired) electrons. The molecule has 6 heteroatoms. The van der Waals surface area contributed by atoms with E-state index in [1.807, 2.05) is 0 Å². The van der Waals surface area contributed by atoms with Crippen molar-refractivity contribution in [1.82, 2.24) is 4.90 Å². The van der Waals surface area contributed by atoms with Crippen LogP contribution >= 0.6 is 0 Å². The van der Waals surface area contributed by atoms with E-state index in [0.717, 1.165) is 11.0 Å². The second kappa shape index (κ2) is 6.00. The number of ether oxygens (including phenoxy) is 1. The third-order valence-corrected chi connectivity index (χ3v) is 3.52. The largest absolute Gasteiger partial charge is 0.460 e. The molecule has 23 heavy (non-hydrogen) atoms. The number of benzene rings is 2. The van der Waals surface area contributed by atoms with Crippen LogP contribution < -0.4 is 0 Å². The number of hydrogen-bond acceptors (Lipinski definition) is 4. The van der Waals surface area contributed by atoms with Crippen LogP contribution in [-0.4, -0.2) is 35.8 Å². The molecule has 0 fully saturated rings. The van der Waals surface area contributed by atoms with E-state index in [0.29, 0.717) is 11.1 Å². The first-order chi connectivity index (χ1) is 11.1. The van der Waals surface area contributed by atoms with Gasteiger partial charge in [0.2, 0.25) is 0 Å². The van der Waals surface area contributed by atoms with Crippen molar-refractivity contribution in [3.05, 3.63) is 71.0 Å². The third kappa shape index (κ3) is 2.70. The highest BCUT2D eigenvalue weighted by atomic mass is 19.1. The molecule has 0 saturated heterocycles. The van der Waals surface area contributed by atoms with Gasteiger partial charge in [-0.1, -0.05) is 24.3 Å². The summed E-state index contributed by atoms with van der Waals surface area (Å²) in [7, 11) is 0. The zero-order valence-electron chi connectivity index (χ0n) is 12.0. The van der Waals surface area contributed by atoms with E-state index in [4.69, 9.17) is 4.74 Å². The number of nitrogens with zero attached hydrogens (tertiary/aromatic N) is 1. The molecule has 1 aliphatic heterocycles. The maximum atomic E-state index is 13.5. The van der Waals surface area contributed by atoms with Crippen molar-refractivity contribution in [3.8, 4) is 0 Å². The first-order valence-corrected chi connectivity index (χ1v) is 6.96. The summed E-state index contributed by atoms with van der Waals surface area (Å²) in [5.41, 5.74) is 0.478. The van der Waals surface area contributed by atoms with Crippen LogP contribution in [0.25, 0.3) is 0 Å². The molecule has 116 valence electrons. The number of carbonyl (C=O) groups is 3. The molecule has 1 heterocycles. The standard InChI is InChI=1S/C17H12FNO4/c18-14-8-4-3-7-13(14)17(22)23-10-9-19-15(20)11-5-1-2-6-12(11)16(19)21/h1-8H,9-10H2. The van der Waals surface area contributed by atoms with Crippen molar-refractivity contribution < 1.29 is 23.5 Å². The molecule has 0 saturated carbocycles. The van der Waals surface area contributed by atoms with Crippen molar-refractivity contribution in [2.75, 3.05) is 13.2 Å². The van der Waals surface area contributed by atoms with Gasteiger partial charge < -0.3 is 4.74 Å². The normalized spacial score (nSPS) is 13.2. The summed E-state index contributed by atoms with van der Waals surface area (Å²) in [6.07, 6.45) is 0. The fourth-order valence-electron chi connectivity index (χ4n) is 2.38. The lowest BCUT2D eigenvalue weighted by atomic mass is 10.1. The van der Waals surface area contributed by atoms with Crippen LogP contribution in [0.2, 0.25) is 0 Å². The number of carbonyl (C=O) groups excluding carboxylic acids is 3. The topological polar surface area (TPSA) is 63.7 Å². The van der Waals surface area contributed by atoms with E-state index in [9.17, 15) is 18.8 Å². The van der Waals surface area contributed by atoms with E-state index in [1.165, 1.54) is 18.2 Å². The van der Waals surface area contributed by atoms with Gasteiger partial charge >= 0.3 is 5.97 Å². The molecule has 0 bridgehead atoms. The zero-order valence-corrected chi connectivity index (χ0v) is 12.0. The highest BCUT2D eigenvalue weighted by Crippen LogP contribution is 2.22. The third-order valence-electron chi connectivity index (χ3n) is 3.52. The Hall–Kier alpha value is -3.02. The van der Waals surface area contributed by atoms with Gasteiger partial charge in [-0.25, -0.2) is 9.18 Å². The van der Waals surface area contributed by atoms with Gasteiger partial charge in [-0.3, -0.25) is 14.5 Å². The molecule has 2 amide bonds. The summed E-state index contributed by atoms with van der Waals surface area (Å²) >= 11 is 0. The Bertz CT molecular complexity index is 768. The molecule has 3 rings (SSSR count). The van der Waals surface area contributed by atoms with Crippen molar-refractivity contribution in [2.45, 2.75) is 0 Å². The average Bonchev–Trinajstić information content (AvgIpc) is 2.80. The summed E-state index contributed by atoms with van der Waals surface area (Å²) in [6.45, 7) is -0.273. The van der Waals surface area contributed by atoms with Gasteiger partial charge in [0, 0.05) is 0 Å². The van der Waals surface area contributed by atoms with Crippen LogP contribution in [0.5, 0.6) is 0 Å². The summed E-state index contributed by atoms with van der Waals surface area (Å²) in [4.78, 5) is 37.0. The molecule has 5 nitrogen and oxygen atoms in total. The minimum atomic E-state index is -0.834. The lowest BCUT2D eigenvalue weighted by Crippen LogP contribution is -2.33. The first kappa shape index (κ1) is 14.9. The van der Waals surface area contributed by atoms with Crippen molar-refractivity contribution in [2.24, 2.45) is 0 Å². The minimum Gasteiger partial charge on any atom is -0.460 e. The van der Waals surface area contributed by atoms with Gasteiger partial charge in [-0.15, -0.1) is 0 Å². The van der Waals surface area contributed by atoms with E-state index in [1.54, 1.807) is 24.3 Å². The molecule has 0 unspecified atom stereocenters. The quantitative estimate of drug-likeness (QED) is 0.642. The van der Waals surface area contributed by atoms with Crippen LogP contribution in [0.1, 0.15) is 31.1 Å². The van der Waals surface area contributed by atoms with Crippen molar-refractivity contribution in [3.63, 3.8) is 0 Å². The van der Waals surface area contributed by atoms with E-state index >= 15 is 0 Å². The van der Waals surface area contributed by atoms with Crippen LogP contribution in [0.4, 0.5) is 4.39 Å². The zero-order chi connectivity index (χ0) is 16.4. The predicted octanol–water partition coefficient (Wildman–Crippen LogP) is 2.28. The van der Waals surface area contributed by atoms with E-state index in [2.05, 4.69) is 0 Å². The molecule has 1 aliphatic rings. The van der Waals surface area contributed by atoms with Gasteiger partial charge in [0.05, 0.1) is 23.2 Å². The monoisotopic (exact) mass is 313 g/mol. The van der Waals surface area contributed by atoms with Gasteiger partial charge in [0.15, 0.2) is 0 Å². The number of esters is 1. The first-order valence-electron chi connectivity index (χ1n) is 6.96. The van der Waals surface area contributed by atoms with Gasteiger partial charge in [-0.2, -0.15) is 0 Å². The second-order valence-corrected chi connectivity index (χ2v) is 4.92. The summed E-state index contributed by atoms with van der Waals surface area (Å²) < 4.78 is 18.4. The molecular formula is C17H12FNO4. The number of hydrogen-bond donors (Lipinski definition) is 0. The Balaban J connectivity index is 1.62. The Morgan fingerprint density at radius 3 is 2.13 bits per heavy atom. The molecule has 0 spiro atoms. The molecule has 0 aromatic heterocycles. The number of imide groups is 1. The van der Waals surface area contributed by atoms with Crippen LogP contribution in [0, 0.1) is 5.82 Å². The molecule has 0 aliphatic carbocycles. The van der Waals surface area contributed by atoms with Crippen LogP contribution in [0.3, 0.4) is 0 Å². The SMILES string of the molecule is O=C(OCCN1C(=O)c2ccccc2C1=O)c1ccccc1F. The summed E-state index contributed by atoms with van der Waals surface area (Å²) in [6, 6.07) is 11.9. The minimum absolute atomic E-state index is 0.0768. The van der Waals surface area contributed by atoms with Gasteiger partial charge in [-0.05, 0) is 24.3 Å². The maximum Gasteiger partial charge on any atom is 0.341 e. The van der Waals surface area contributed by atoms with Crippen molar-refractivity contribution >= 4 is 17.8 Å². The number of amides is 2. The fourth-order valence-corrected chi connectivity index (χ4v) is 2.38. The lowest BCUT2D eigenvalue weighted by molar-refractivity contribution is 0.0416. The van der Waals surface area contributed by atoms with E-state index in [-0.39, 0.29) is 18.7 Å². The predicted molar refractivity (Wildman–Crippen MR) is 78.5 cm³/mol. The molecule has 2 aromatic carbocycles. The smallest absolute Gasteiger partial charge is 0.341 e. The summed E-state index contributed by atoms with van der Waals surface area (Å²) in [5, 5.41) is 0. The second-order valence-electron chi connectivity index (χ2n) is 4.92.